The highest BCUT2D eigenvalue weighted by Crippen LogP contribution is 2.18. The summed E-state index contributed by atoms with van der Waals surface area (Å²) >= 11 is 0. The molecule has 5 heteroatoms. The molecule has 1 aromatic carbocycles. The number of allylic oxidation sites excluding steroid dienone is 1. The molecule has 0 spiro atoms. The molecule has 2 rings (SSSR count). The average molecular weight is 258 g/mol. The standard InChI is InChI=1S/C10H10F2N2.C2H6.CH4O/c1-6-5-13-10(14-6)7-2-8(11)4-9(12)3-7;2*1-2/h2-5,10,13-14H,1H3;1-2H3;2H,1H3. The monoisotopic (exact) mass is 258 g/mol. The predicted molar refractivity (Wildman–Crippen MR) is 68.6 cm³/mol. The summed E-state index contributed by atoms with van der Waals surface area (Å²) in [6.07, 6.45) is 1.54. The summed E-state index contributed by atoms with van der Waals surface area (Å²) in [5.74, 6) is -1.12. The van der Waals surface area contributed by atoms with Gasteiger partial charge >= 0.3 is 0 Å². The van der Waals surface area contributed by atoms with E-state index in [0.29, 0.717) is 5.56 Å². The van der Waals surface area contributed by atoms with E-state index in [-0.39, 0.29) is 6.17 Å². The summed E-state index contributed by atoms with van der Waals surface area (Å²) in [6, 6.07) is 3.47. The number of halogens is 2. The topological polar surface area (TPSA) is 44.3 Å². The Hall–Kier alpha value is -1.62. The number of hydrogen-bond donors (Lipinski definition) is 3. The summed E-state index contributed by atoms with van der Waals surface area (Å²) in [5.41, 5.74) is 1.50. The lowest BCUT2D eigenvalue weighted by Gasteiger charge is -2.13. The van der Waals surface area contributed by atoms with Gasteiger partial charge in [-0.1, -0.05) is 13.8 Å². The van der Waals surface area contributed by atoms with Crippen molar-refractivity contribution in [1.82, 2.24) is 10.6 Å². The third-order valence-corrected chi connectivity index (χ3v) is 2.06. The van der Waals surface area contributed by atoms with E-state index in [4.69, 9.17) is 5.11 Å². The van der Waals surface area contributed by atoms with Crippen molar-refractivity contribution in [1.29, 1.82) is 0 Å². The van der Waals surface area contributed by atoms with Crippen LogP contribution in [0.15, 0.2) is 30.1 Å². The molecule has 0 radical (unpaired) electrons. The van der Waals surface area contributed by atoms with Crippen LogP contribution in [0.3, 0.4) is 0 Å². The van der Waals surface area contributed by atoms with Crippen LogP contribution in [0.4, 0.5) is 8.78 Å². The summed E-state index contributed by atoms with van der Waals surface area (Å²) in [5, 5.41) is 13.0. The fourth-order valence-corrected chi connectivity index (χ4v) is 1.44. The lowest BCUT2D eigenvalue weighted by atomic mass is 10.1. The molecule has 0 fully saturated rings. The van der Waals surface area contributed by atoms with E-state index in [1.54, 1.807) is 6.20 Å². The molecular formula is C13H20F2N2O. The van der Waals surface area contributed by atoms with Gasteiger partial charge in [-0.3, -0.25) is 0 Å². The van der Waals surface area contributed by atoms with Gasteiger partial charge in [-0.2, -0.15) is 0 Å². The van der Waals surface area contributed by atoms with Gasteiger partial charge in [0.2, 0.25) is 0 Å². The van der Waals surface area contributed by atoms with Gasteiger partial charge in [-0.25, -0.2) is 8.78 Å². The minimum Gasteiger partial charge on any atom is -0.400 e. The van der Waals surface area contributed by atoms with Crippen molar-refractivity contribution in [3.8, 4) is 0 Å². The molecular weight excluding hydrogens is 238 g/mol. The van der Waals surface area contributed by atoms with Crippen LogP contribution in [0, 0.1) is 11.6 Å². The third kappa shape index (κ3) is 4.71. The van der Waals surface area contributed by atoms with Crippen molar-refractivity contribution >= 4 is 0 Å². The van der Waals surface area contributed by atoms with Crippen LogP contribution < -0.4 is 10.6 Å². The van der Waals surface area contributed by atoms with Crippen molar-refractivity contribution in [2.75, 3.05) is 7.11 Å². The van der Waals surface area contributed by atoms with Gasteiger partial charge in [0.1, 0.15) is 17.8 Å². The van der Waals surface area contributed by atoms with Gasteiger partial charge in [-0.05, 0) is 19.1 Å². The van der Waals surface area contributed by atoms with Gasteiger partial charge in [0.05, 0.1) is 0 Å². The highest BCUT2D eigenvalue weighted by molar-refractivity contribution is 5.24. The number of hydrogen-bond acceptors (Lipinski definition) is 3. The van der Waals surface area contributed by atoms with Crippen molar-refractivity contribution in [3.63, 3.8) is 0 Å². The van der Waals surface area contributed by atoms with Crippen molar-refractivity contribution in [2.45, 2.75) is 26.9 Å². The van der Waals surface area contributed by atoms with E-state index < -0.39 is 11.6 Å². The number of rotatable bonds is 1. The van der Waals surface area contributed by atoms with Crippen LogP contribution in [0.2, 0.25) is 0 Å². The zero-order chi connectivity index (χ0) is 14.1. The molecule has 0 saturated heterocycles. The minimum absolute atomic E-state index is 0.236. The van der Waals surface area contributed by atoms with Crippen LogP contribution in [0.25, 0.3) is 0 Å². The molecule has 0 amide bonds. The maximum Gasteiger partial charge on any atom is 0.126 e. The van der Waals surface area contributed by atoms with Crippen LogP contribution in [-0.4, -0.2) is 12.2 Å². The second kappa shape index (κ2) is 8.47. The molecule has 3 nitrogen and oxygen atoms in total. The molecule has 1 unspecified atom stereocenters. The average Bonchev–Trinajstić information content (AvgIpc) is 2.80. The summed E-state index contributed by atoms with van der Waals surface area (Å²) in [4.78, 5) is 0. The van der Waals surface area contributed by atoms with E-state index in [2.05, 4.69) is 10.6 Å². The number of benzene rings is 1. The quantitative estimate of drug-likeness (QED) is 0.725. The predicted octanol–water partition coefficient (Wildman–Crippen LogP) is 2.65. The van der Waals surface area contributed by atoms with E-state index in [9.17, 15) is 8.78 Å². The van der Waals surface area contributed by atoms with Crippen LogP contribution >= 0.6 is 0 Å². The Balaban J connectivity index is 0.000000659. The van der Waals surface area contributed by atoms with E-state index in [1.165, 1.54) is 12.1 Å². The maximum absolute atomic E-state index is 12.9. The van der Waals surface area contributed by atoms with Crippen molar-refractivity contribution in [2.24, 2.45) is 0 Å². The van der Waals surface area contributed by atoms with Crippen LogP contribution in [0.5, 0.6) is 0 Å². The SMILES string of the molecule is CC.CC1=CNC(c2cc(F)cc(F)c2)N1.CO. The van der Waals surface area contributed by atoms with Gasteiger partial charge in [-0.15, -0.1) is 0 Å². The number of aliphatic hydroxyl groups is 1. The molecule has 1 aliphatic heterocycles. The van der Waals surface area contributed by atoms with Crippen LogP contribution in [-0.2, 0) is 0 Å². The minimum atomic E-state index is -0.562. The zero-order valence-corrected chi connectivity index (χ0v) is 11.1. The van der Waals surface area contributed by atoms with Gasteiger partial charge in [0.25, 0.3) is 0 Å². The molecule has 0 aromatic heterocycles. The Morgan fingerprint density at radius 2 is 1.56 bits per heavy atom. The molecule has 1 atom stereocenters. The van der Waals surface area contributed by atoms with Crippen molar-refractivity contribution in [3.05, 3.63) is 47.3 Å². The maximum atomic E-state index is 12.9. The first-order valence-corrected chi connectivity index (χ1v) is 5.75. The van der Waals surface area contributed by atoms with Gasteiger partial charge in [0, 0.05) is 30.6 Å². The largest absolute Gasteiger partial charge is 0.400 e. The molecule has 0 saturated carbocycles. The normalized spacial score (nSPS) is 16.2. The van der Waals surface area contributed by atoms with Gasteiger partial charge < -0.3 is 15.7 Å². The fourth-order valence-electron chi connectivity index (χ4n) is 1.44. The molecule has 3 N–H and O–H groups in total. The first kappa shape index (κ1) is 16.4. The fraction of sp³-hybridized carbons (Fsp3) is 0.385. The highest BCUT2D eigenvalue weighted by atomic mass is 19.1. The Labute approximate surface area is 107 Å². The molecule has 1 aromatic rings. The summed E-state index contributed by atoms with van der Waals surface area (Å²) in [6.45, 7) is 5.88. The first-order valence-electron chi connectivity index (χ1n) is 5.75. The lowest BCUT2D eigenvalue weighted by molar-refractivity contribution is 0.399. The Morgan fingerprint density at radius 3 is 1.94 bits per heavy atom. The molecule has 1 aliphatic rings. The Bertz CT molecular complexity index is 374. The summed E-state index contributed by atoms with van der Waals surface area (Å²) < 4.78 is 25.7. The molecule has 0 aliphatic carbocycles. The van der Waals surface area contributed by atoms with Crippen molar-refractivity contribution < 1.29 is 13.9 Å². The second-order valence-electron chi connectivity index (χ2n) is 3.27. The Morgan fingerprint density at radius 1 is 1.06 bits per heavy atom. The van der Waals surface area contributed by atoms with Gasteiger partial charge in [0.15, 0.2) is 0 Å². The third-order valence-electron chi connectivity index (χ3n) is 2.06. The van der Waals surface area contributed by atoms with E-state index in [0.717, 1.165) is 18.9 Å². The Kier molecular flexibility index (Phi) is 7.71. The molecule has 1 heterocycles. The van der Waals surface area contributed by atoms with E-state index >= 15 is 0 Å². The number of nitrogens with one attached hydrogen (secondary N) is 2. The molecule has 0 bridgehead atoms. The van der Waals surface area contributed by atoms with Crippen LogP contribution in [0.1, 0.15) is 32.5 Å². The number of aliphatic hydroxyl groups excluding tert-OH is 1. The first-order chi connectivity index (χ1) is 8.65. The highest BCUT2D eigenvalue weighted by Gasteiger charge is 2.15. The smallest absolute Gasteiger partial charge is 0.126 e. The lowest BCUT2D eigenvalue weighted by Crippen LogP contribution is -2.22. The summed E-state index contributed by atoms with van der Waals surface area (Å²) in [7, 11) is 1.00. The van der Waals surface area contributed by atoms with E-state index in [1.807, 2.05) is 20.8 Å². The zero-order valence-electron chi connectivity index (χ0n) is 11.1. The molecule has 18 heavy (non-hydrogen) atoms. The second-order valence-corrected chi connectivity index (χ2v) is 3.27. The molecule has 102 valence electrons.